The van der Waals surface area contributed by atoms with Crippen LogP contribution >= 0.6 is 11.8 Å². The van der Waals surface area contributed by atoms with Crippen molar-refractivity contribution in [1.29, 1.82) is 0 Å². The summed E-state index contributed by atoms with van der Waals surface area (Å²) in [5.74, 6) is 0.348. The summed E-state index contributed by atoms with van der Waals surface area (Å²) in [6, 6.07) is 21.5. The van der Waals surface area contributed by atoms with Crippen molar-refractivity contribution < 1.29 is 14.3 Å². The molecule has 166 valence electrons. The average Bonchev–Trinajstić information content (AvgIpc) is 3.38. The van der Waals surface area contributed by atoms with Gasteiger partial charge in [-0.1, -0.05) is 24.3 Å². The highest BCUT2D eigenvalue weighted by molar-refractivity contribution is 8.00. The largest absolute Gasteiger partial charge is 0.497 e. The number of hydrogen-bond donors (Lipinski definition) is 2. The number of carbonyl (C=O) groups excluding carboxylic acids is 2. The fourth-order valence-corrected chi connectivity index (χ4v) is 3.88. The summed E-state index contributed by atoms with van der Waals surface area (Å²) >= 11 is 1.29. The molecule has 0 saturated carbocycles. The molecule has 0 saturated heterocycles. The molecule has 0 atom stereocenters. The van der Waals surface area contributed by atoms with Gasteiger partial charge in [0.25, 0.3) is 5.91 Å². The zero-order chi connectivity index (χ0) is 23.0. The van der Waals surface area contributed by atoms with Gasteiger partial charge in [0.05, 0.1) is 24.1 Å². The van der Waals surface area contributed by atoms with Crippen molar-refractivity contribution in [3.8, 4) is 11.4 Å². The minimum Gasteiger partial charge on any atom is -0.497 e. The van der Waals surface area contributed by atoms with Crippen molar-refractivity contribution in [2.45, 2.75) is 4.90 Å². The topological polar surface area (TPSA) is 111 Å². The molecule has 0 aliphatic carbocycles. The fraction of sp³-hybridized carbons (Fsp3) is 0.0870. The maximum atomic E-state index is 13.0. The van der Waals surface area contributed by atoms with Crippen LogP contribution in [0.4, 0.5) is 11.4 Å². The number of nitrogens with one attached hydrogen (secondary N) is 2. The van der Waals surface area contributed by atoms with E-state index in [0.717, 1.165) is 5.69 Å². The lowest BCUT2D eigenvalue weighted by molar-refractivity contribution is -0.113. The summed E-state index contributed by atoms with van der Waals surface area (Å²) in [6.07, 6.45) is 1.48. The fourth-order valence-electron chi connectivity index (χ4n) is 3.03. The minimum atomic E-state index is -0.278. The van der Waals surface area contributed by atoms with Gasteiger partial charge in [-0.2, -0.15) is 0 Å². The van der Waals surface area contributed by atoms with Crippen molar-refractivity contribution in [2.24, 2.45) is 0 Å². The number of aromatic nitrogens is 4. The molecule has 1 aromatic heterocycles. The molecule has 2 N–H and O–H groups in total. The molecule has 3 aromatic carbocycles. The number of benzene rings is 3. The van der Waals surface area contributed by atoms with E-state index in [2.05, 4.69) is 26.2 Å². The van der Waals surface area contributed by atoms with Crippen LogP contribution in [0, 0.1) is 0 Å². The molecule has 0 fully saturated rings. The summed E-state index contributed by atoms with van der Waals surface area (Å²) in [4.78, 5) is 26.1. The Morgan fingerprint density at radius 3 is 2.55 bits per heavy atom. The van der Waals surface area contributed by atoms with Gasteiger partial charge in [0.15, 0.2) is 0 Å². The first-order chi connectivity index (χ1) is 16.1. The van der Waals surface area contributed by atoms with Crippen molar-refractivity contribution >= 4 is 35.0 Å². The normalized spacial score (nSPS) is 10.5. The molecule has 4 rings (SSSR count). The molecule has 9 nitrogen and oxygen atoms in total. The average molecular weight is 461 g/mol. The Morgan fingerprint density at radius 1 is 0.970 bits per heavy atom. The van der Waals surface area contributed by atoms with Gasteiger partial charge in [-0.15, -0.1) is 16.9 Å². The third-order valence-electron chi connectivity index (χ3n) is 4.56. The molecule has 10 heteroatoms. The Hall–Kier alpha value is -4.18. The molecule has 0 bridgehead atoms. The molecule has 0 aliphatic rings. The Bertz CT molecular complexity index is 1260. The smallest absolute Gasteiger partial charge is 0.256 e. The van der Waals surface area contributed by atoms with Gasteiger partial charge in [0.1, 0.15) is 12.1 Å². The van der Waals surface area contributed by atoms with E-state index in [1.165, 1.54) is 22.8 Å². The summed E-state index contributed by atoms with van der Waals surface area (Å²) in [5, 5.41) is 16.8. The molecule has 0 spiro atoms. The molecular weight excluding hydrogens is 440 g/mol. The van der Waals surface area contributed by atoms with Crippen LogP contribution in [0.15, 0.2) is 84.0 Å². The number of ether oxygens (including phenoxy) is 1. The van der Waals surface area contributed by atoms with Crippen molar-refractivity contribution in [3.63, 3.8) is 0 Å². The van der Waals surface area contributed by atoms with E-state index >= 15 is 0 Å². The SMILES string of the molecule is COc1cccc(NC(=O)CSc2ccccc2C(=O)Nc2cccc(-n3cnnn3)c2)c1. The zero-order valence-corrected chi connectivity index (χ0v) is 18.5. The van der Waals surface area contributed by atoms with E-state index in [4.69, 9.17) is 4.74 Å². The number of nitrogens with zero attached hydrogens (tertiary/aromatic N) is 4. The number of amides is 2. The molecule has 2 amide bonds. The maximum Gasteiger partial charge on any atom is 0.256 e. The number of hydrogen-bond acceptors (Lipinski definition) is 7. The van der Waals surface area contributed by atoms with Crippen LogP contribution in [0.5, 0.6) is 5.75 Å². The van der Waals surface area contributed by atoms with Gasteiger partial charge in [0, 0.05) is 22.3 Å². The first-order valence-electron chi connectivity index (χ1n) is 9.93. The molecule has 4 aromatic rings. The molecule has 0 unspecified atom stereocenters. The monoisotopic (exact) mass is 460 g/mol. The van der Waals surface area contributed by atoms with E-state index < -0.39 is 0 Å². The van der Waals surface area contributed by atoms with E-state index in [0.29, 0.717) is 27.6 Å². The van der Waals surface area contributed by atoms with Gasteiger partial charge in [-0.3, -0.25) is 9.59 Å². The third-order valence-corrected chi connectivity index (χ3v) is 5.64. The van der Waals surface area contributed by atoms with Gasteiger partial charge < -0.3 is 15.4 Å². The van der Waals surface area contributed by atoms with Gasteiger partial charge >= 0.3 is 0 Å². The second-order valence-electron chi connectivity index (χ2n) is 6.82. The minimum absolute atomic E-state index is 0.149. The molecule has 1 heterocycles. The standard InChI is InChI=1S/C23H20N6O3S/c1-32-19-9-5-7-17(13-19)25-22(30)14-33-21-11-3-2-10-20(21)23(31)26-16-6-4-8-18(12-16)29-15-24-27-28-29/h2-13,15H,14H2,1H3,(H,25,30)(H,26,31). The molecular formula is C23H20N6O3S. The highest BCUT2D eigenvalue weighted by atomic mass is 32.2. The summed E-state index contributed by atoms with van der Waals surface area (Å²) < 4.78 is 6.67. The lowest BCUT2D eigenvalue weighted by Crippen LogP contribution is -2.16. The predicted octanol–water partition coefficient (Wildman–Crippen LogP) is 3.65. The summed E-state index contributed by atoms with van der Waals surface area (Å²) in [5.41, 5.74) is 2.44. The Morgan fingerprint density at radius 2 is 1.76 bits per heavy atom. The number of thioether (sulfide) groups is 1. The van der Waals surface area contributed by atoms with E-state index in [1.54, 1.807) is 61.7 Å². The second kappa shape index (κ2) is 10.4. The first-order valence-corrected chi connectivity index (χ1v) is 10.9. The Kier molecular flexibility index (Phi) is 6.96. The quantitative estimate of drug-likeness (QED) is 0.386. The zero-order valence-electron chi connectivity index (χ0n) is 17.6. The van der Waals surface area contributed by atoms with E-state index in [1.807, 2.05) is 18.2 Å². The van der Waals surface area contributed by atoms with E-state index in [9.17, 15) is 9.59 Å². The van der Waals surface area contributed by atoms with Crippen LogP contribution in [0.3, 0.4) is 0 Å². The van der Waals surface area contributed by atoms with Gasteiger partial charge in [-0.25, -0.2) is 4.68 Å². The predicted molar refractivity (Wildman–Crippen MR) is 126 cm³/mol. The lowest BCUT2D eigenvalue weighted by Gasteiger charge is -2.11. The maximum absolute atomic E-state index is 13.0. The van der Waals surface area contributed by atoms with Crippen molar-refractivity contribution in [1.82, 2.24) is 20.2 Å². The van der Waals surface area contributed by atoms with Gasteiger partial charge in [0.2, 0.25) is 5.91 Å². The van der Waals surface area contributed by atoms with Crippen molar-refractivity contribution in [2.75, 3.05) is 23.5 Å². The Labute approximate surface area is 194 Å². The molecule has 33 heavy (non-hydrogen) atoms. The highest BCUT2D eigenvalue weighted by Gasteiger charge is 2.14. The molecule has 0 radical (unpaired) electrons. The number of methoxy groups -OCH3 is 1. The van der Waals surface area contributed by atoms with Crippen LogP contribution < -0.4 is 15.4 Å². The molecule has 0 aliphatic heterocycles. The third kappa shape index (κ3) is 5.74. The van der Waals surface area contributed by atoms with E-state index in [-0.39, 0.29) is 17.6 Å². The van der Waals surface area contributed by atoms with Crippen LogP contribution in [-0.4, -0.2) is 44.9 Å². The second-order valence-corrected chi connectivity index (χ2v) is 7.84. The van der Waals surface area contributed by atoms with Crippen LogP contribution in [0.2, 0.25) is 0 Å². The number of rotatable bonds is 8. The number of anilines is 2. The van der Waals surface area contributed by atoms with Crippen LogP contribution in [0.25, 0.3) is 5.69 Å². The Balaban J connectivity index is 1.41. The van der Waals surface area contributed by atoms with Crippen molar-refractivity contribution in [3.05, 3.63) is 84.7 Å². The summed E-state index contributed by atoms with van der Waals surface area (Å²) in [6.45, 7) is 0. The van der Waals surface area contributed by atoms with Crippen LogP contribution in [-0.2, 0) is 4.79 Å². The van der Waals surface area contributed by atoms with Crippen LogP contribution in [0.1, 0.15) is 10.4 Å². The highest BCUT2D eigenvalue weighted by Crippen LogP contribution is 2.25. The summed E-state index contributed by atoms with van der Waals surface area (Å²) in [7, 11) is 1.57. The first kappa shape index (κ1) is 22.0. The lowest BCUT2D eigenvalue weighted by atomic mass is 10.2. The van der Waals surface area contributed by atoms with Gasteiger partial charge in [-0.05, 0) is 52.9 Å². The number of carbonyl (C=O) groups is 2. The number of tetrazole rings is 1.